The molecule has 8 nitrogen and oxygen atoms in total. The third-order valence-corrected chi connectivity index (χ3v) is 5.81. The SMILES string of the molecule is O=c1cc(N2CCOCC2)cnn1[C@@H]1CCCN(Cc2cn3ccccc3n2)C1. The molecule has 8 heteroatoms. The monoisotopic (exact) mass is 394 g/mol. The second-order valence-corrected chi connectivity index (χ2v) is 7.83. The Morgan fingerprint density at radius 2 is 2.07 bits per heavy atom. The molecule has 0 spiro atoms. The maximum absolute atomic E-state index is 12.8. The summed E-state index contributed by atoms with van der Waals surface area (Å²) in [6.07, 6.45) is 7.96. The minimum Gasteiger partial charge on any atom is -0.378 e. The standard InChI is InChI=1S/C21H26N6O2/c28-21-12-19(25-8-10-29-11-9-25)13-22-27(21)18-4-3-6-24(16-18)14-17-15-26-7-2-1-5-20(26)23-17/h1-2,5,7,12-13,15,18H,3-4,6,8-11,14,16H2/t18-/m1/s1. The number of likely N-dealkylation sites (tertiary alicyclic amines) is 1. The number of anilines is 1. The van der Waals surface area contributed by atoms with Gasteiger partial charge in [0.15, 0.2) is 0 Å². The molecule has 152 valence electrons. The van der Waals surface area contributed by atoms with E-state index in [1.165, 1.54) is 0 Å². The van der Waals surface area contributed by atoms with E-state index in [1.807, 2.05) is 35.0 Å². The van der Waals surface area contributed by atoms with Crippen molar-refractivity contribution in [3.05, 3.63) is 58.9 Å². The highest BCUT2D eigenvalue weighted by Gasteiger charge is 2.24. The normalized spacial score (nSPS) is 21.0. The summed E-state index contributed by atoms with van der Waals surface area (Å²) in [5.74, 6) is 0. The van der Waals surface area contributed by atoms with E-state index in [0.717, 1.165) is 62.6 Å². The first-order valence-corrected chi connectivity index (χ1v) is 10.3. The second kappa shape index (κ2) is 7.96. The Labute approximate surface area is 169 Å². The van der Waals surface area contributed by atoms with Crippen LogP contribution in [0.25, 0.3) is 5.65 Å². The van der Waals surface area contributed by atoms with Crippen LogP contribution in [0.1, 0.15) is 24.6 Å². The fourth-order valence-corrected chi connectivity index (χ4v) is 4.34. The van der Waals surface area contributed by atoms with Crippen molar-refractivity contribution in [3.63, 3.8) is 0 Å². The van der Waals surface area contributed by atoms with Crippen LogP contribution in [0.2, 0.25) is 0 Å². The van der Waals surface area contributed by atoms with Gasteiger partial charge in [-0.25, -0.2) is 9.67 Å². The van der Waals surface area contributed by atoms with Crippen molar-refractivity contribution in [1.82, 2.24) is 24.1 Å². The predicted molar refractivity (Wildman–Crippen MR) is 110 cm³/mol. The Morgan fingerprint density at radius 1 is 1.17 bits per heavy atom. The van der Waals surface area contributed by atoms with Crippen molar-refractivity contribution in [1.29, 1.82) is 0 Å². The lowest BCUT2D eigenvalue weighted by Crippen LogP contribution is -2.41. The van der Waals surface area contributed by atoms with Crippen LogP contribution in [-0.4, -0.2) is 63.5 Å². The number of imidazole rings is 1. The number of pyridine rings is 1. The third-order valence-electron chi connectivity index (χ3n) is 5.81. The Balaban J connectivity index is 1.29. The van der Waals surface area contributed by atoms with Gasteiger partial charge in [0, 0.05) is 44.6 Å². The summed E-state index contributed by atoms with van der Waals surface area (Å²) < 4.78 is 9.11. The van der Waals surface area contributed by atoms with Crippen molar-refractivity contribution in [2.45, 2.75) is 25.4 Å². The first-order valence-electron chi connectivity index (χ1n) is 10.3. The Hall–Kier alpha value is -2.71. The fourth-order valence-electron chi connectivity index (χ4n) is 4.34. The predicted octanol–water partition coefficient (Wildman–Crippen LogP) is 1.56. The van der Waals surface area contributed by atoms with Crippen molar-refractivity contribution >= 4 is 11.3 Å². The first kappa shape index (κ1) is 18.3. The number of nitrogens with zero attached hydrogens (tertiary/aromatic N) is 6. The number of hydrogen-bond acceptors (Lipinski definition) is 6. The van der Waals surface area contributed by atoms with Gasteiger partial charge in [0.2, 0.25) is 0 Å². The van der Waals surface area contributed by atoms with Crippen LogP contribution in [0.3, 0.4) is 0 Å². The molecule has 2 fully saturated rings. The Bertz CT molecular complexity index is 1010. The summed E-state index contributed by atoms with van der Waals surface area (Å²) >= 11 is 0. The zero-order valence-corrected chi connectivity index (χ0v) is 16.5. The van der Waals surface area contributed by atoms with Gasteiger partial charge in [0.25, 0.3) is 5.56 Å². The van der Waals surface area contributed by atoms with Gasteiger partial charge in [-0.05, 0) is 31.5 Å². The van der Waals surface area contributed by atoms with E-state index in [4.69, 9.17) is 9.72 Å². The zero-order valence-electron chi connectivity index (χ0n) is 16.5. The van der Waals surface area contributed by atoms with Crippen molar-refractivity contribution in [3.8, 4) is 0 Å². The van der Waals surface area contributed by atoms with Crippen LogP contribution >= 0.6 is 0 Å². The maximum atomic E-state index is 12.8. The fraction of sp³-hybridized carbons (Fsp3) is 0.476. The molecule has 5 rings (SSSR count). The molecule has 29 heavy (non-hydrogen) atoms. The zero-order chi connectivity index (χ0) is 19.6. The van der Waals surface area contributed by atoms with Crippen molar-refractivity contribution < 1.29 is 4.74 Å². The molecule has 2 aliphatic heterocycles. The van der Waals surface area contributed by atoms with Crippen LogP contribution < -0.4 is 10.5 Å². The number of piperidine rings is 1. The van der Waals surface area contributed by atoms with Crippen molar-refractivity contribution in [2.24, 2.45) is 0 Å². The van der Waals surface area contributed by atoms with Gasteiger partial charge in [-0.2, -0.15) is 5.10 Å². The number of ether oxygens (including phenoxy) is 1. The van der Waals surface area contributed by atoms with Crippen LogP contribution in [0, 0.1) is 0 Å². The third kappa shape index (κ3) is 3.90. The lowest BCUT2D eigenvalue weighted by Gasteiger charge is -2.33. The van der Waals surface area contributed by atoms with Crippen molar-refractivity contribution in [2.75, 3.05) is 44.3 Å². The van der Waals surface area contributed by atoms with Gasteiger partial charge in [-0.3, -0.25) is 9.69 Å². The topological polar surface area (TPSA) is 67.9 Å². The quantitative estimate of drug-likeness (QED) is 0.669. The maximum Gasteiger partial charge on any atom is 0.269 e. The molecule has 0 radical (unpaired) electrons. The molecule has 0 unspecified atom stereocenters. The number of morpholine rings is 1. The molecule has 0 saturated carbocycles. The molecule has 1 atom stereocenters. The summed E-state index contributed by atoms with van der Waals surface area (Å²) in [7, 11) is 0. The summed E-state index contributed by atoms with van der Waals surface area (Å²) in [6.45, 7) is 5.64. The highest BCUT2D eigenvalue weighted by Crippen LogP contribution is 2.22. The van der Waals surface area contributed by atoms with Crippen LogP contribution in [0.15, 0.2) is 47.7 Å². The highest BCUT2D eigenvalue weighted by molar-refractivity contribution is 5.43. The first-order chi connectivity index (χ1) is 14.3. The van der Waals surface area contributed by atoms with Gasteiger partial charge in [0.05, 0.1) is 36.8 Å². The molecule has 5 heterocycles. The van der Waals surface area contributed by atoms with E-state index < -0.39 is 0 Å². The molecular formula is C21H26N6O2. The van der Waals surface area contributed by atoms with E-state index in [2.05, 4.69) is 21.1 Å². The molecule has 0 amide bonds. The number of rotatable bonds is 4. The van der Waals surface area contributed by atoms with Gasteiger partial charge in [-0.15, -0.1) is 0 Å². The lowest BCUT2D eigenvalue weighted by atomic mass is 10.1. The van der Waals surface area contributed by atoms with Crippen LogP contribution in [0.4, 0.5) is 5.69 Å². The van der Waals surface area contributed by atoms with E-state index >= 15 is 0 Å². The molecular weight excluding hydrogens is 368 g/mol. The van der Waals surface area contributed by atoms with Gasteiger partial charge >= 0.3 is 0 Å². The molecule has 0 N–H and O–H groups in total. The molecule has 0 bridgehead atoms. The van der Waals surface area contributed by atoms with E-state index in [0.29, 0.717) is 13.2 Å². The summed E-state index contributed by atoms with van der Waals surface area (Å²) in [6, 6.07) is 7.85. The summed E-state index contributed by atoms with van der Waals surface area (Å²) in [4.78, 5) is 22.0. The van der Waals surface area contributed by atoms with E-state index in [-0.39, 0.29) is 11.6 Å². The minimum absolute atomic E-state index is 0.0198. The van der Waals surface area contributed by atoms with Gasteiger partial charge in [0.1, 0.15) is 5.65 Å². The van der Waals surface area contributed by atoms with E-state index in [1.54, 1.807) is 10.7 Å². The average Bonchev–Trinajstić information content (AvgIpc) is 3.17. The Morgan fingerprint density at radius 3 is 2.90 bits per heavy atom. The number of hydrogen-bond donors (Lipinski definition) is 0. The highest BCUT2D eigenvalue weighted by atomic mass is 16.5. The molecule has 3 aromatic heterocycles. The van der Waals surface area contributed by atoms with Crippen LogP contribution in [0.5, 0.6) is 0 Å². The lowest BCUT2D eigenvalue weighted by molar-refractivity contribution is 0.122. The molecule has 2 aliphatic rings. The molecule has 2 saturated heterocycles. The number of aromatic nitrogens is 4. The summed E-state index contributed by atoms with van der Waals surface area (Å²) in [5.41, 5.74) is 2.90. The second-order valence-electron chi connectivity index (χ2n) is 7.83. The van der Waals surface area contributed by atoms with Gasteiger partial charge in [-0.1, -0.05) is 6.07 Å². The molecule has 0 aliphatic carbocycles. The summed E-state index contributed by atoms with van der Waals surface area (Å²) in [5, 5.41) is 4.53. The average molecular weight is 394 g/mol. The number of fused-ring (bicyclic) bond motifs is 1. The Kier molecular flexibility index (Phi) is 5.03. The van der Waals surface area contributed by atoms with Crippen LogP contribution in [-0.2, 0) is 11.3 Å². The minimum atomic E-state index is -0.0198. The molecule has 0 aromatic carbocycles. The van der Waals surface area contributed by atoms with E-state index in [9.17, 15) is 4.79 Å². The largest absolute Gasteiger partial charge is 0.378 e. The van der Waals surface area contributed by atoms with Gasteiger partial charge < -0.3 is 14.0 Å². The molecule has 3 aromatic rings. The smallest absolute Gasteiger partial charge is 0.269 e.